The van der Waals surface area contributed by atoms with E-state index in [0.29, 0.717) is 0 Å². The van der Waals surface area contributed by atoms with E-state index >= 15 is 0 Å². The topological polar surface area (TPSA) is 32.9 Å². The molecule has 0 saturated heterocycles. The highest BCUT2D eigenvalue weighted by Gasteiger charge is 1.95. The number of nitrogens with one attached hydrogen (secondary N) is 1. The van der Waals surface area contributed by atoms with Crippen LogP contribution in [0, 0.1) is 0 Å². The summed E-state index contributed by atoms with van der Waals surface area (Å²) in [6, 6.07) is 1.87. The van der Waals surface area contributed by atoms with Crippen molar-refractivity contribution in [3.63, 3.8) is 0 Å². The Morgan fingerprint density at radius 1 is 1.78 bits per heavy atom. The molecule has 48 valence electrons. The summed E-state index contributed by atoms with van der Waals surface area (Å²) < 4.78 is 0. The highest BCUT2D eigenvalue weighted by atomic mass is 32.2. The number of thioether (sulfide) groups is 1. The maximum absolute atomic E-state index is 10.5. The maximum Gasteiger partial charge on any atom is 0.190 e. The van der Waals surface area contributed by atoms with Crippen molar-refractivity contribution < 1.29 is 4.79 Å². The van der Waals surface area contributed by atoms with Gasteiger partial charge in [-0.15, -0.1) is 0 Å². The van der Waals surface area contributed by atoms with E-state index < -0.39 is 0 Å². The van der Waals surface area contributed by atoms with Gasteiger partial charge in [-0.05, 0) is 6.07 Å². The van der Waals surface area contributed by atoms with Gasteiger partial charge in [0.25, 0.3) is 0 Å². The van der Waals surface area contributed by atoms with E-state index in [1.165, 1.54) is 11.8 Å². The van der Waals surface area contributed by atoms with Crippen LogP contribution in [-0.2, 0) is 4.79 Å². The second-order valence-electron chi connectivity index (χ2n) is 1.64. The summed E-state index contributed by atoms with van der Waals surface area (Å²) in [5.41, 5.74) is 0. The smallest absolute Gasteiger partial charge is 0.190 e. The molecule has 9 heavy (non-hydrogen) atoms. The third kappa shape index (κ3) is 1.93. The van der Waals surface area contributed by atoms with Crippen LogP contribution in [0.3, 0.4) is 0 Å². The average molecular weight is 141 g/mol. The molecule has 3 heteroatoms. The van der Waals surface area contributed by atoms with Gasteiger partial charge in [0.15, 0.2) is 5.12 Å². The van der Waals surface area contributed by atoms with Crippen molar-refractivity contribution in [1.29, 1.82) is 0 Å². The molecule has 2 nitrogen and oxygen atoms in total. The second kappa shape index (κ2) is 2.73. The summed E-state index contributed by atoms with van der Waals surface area (Å²) in [7, 11) is 0. The van der Waals surface area contributed by atoms with Crippen LogP contribution in [0.25, 0.3) is 0 Å². The lowest BCUT2D eigenvalue weighted by Gasteiger charge is -1.85. The zero-order valence-corrected chi connectivity index (χ0v) is 5.87. The number of hydrogen-bond acceptors (Lipinski definition) is 2. The lowest BCUT2D eigenvalue weighted by molar-refractivity contribution is -0.109. The highest BCUT2D eigenvalue weighted by molar-refractivity contribution is 8.13. The van der Waals surface area contributed by atoms with Crippen molar-refractivity contribution in [2.75, 3.05) is 0 Å². The molecule has 0 aliphatic carbocycles. The van der Waals surface area contributed by atoms with Crippen molar-refractivity contribution in [2.45, 2.75) is 11.8 Å². The average Bonchev–Trinajstić information content (AvgIpc) is 2.15. The van der Waals surface area contributed by atoms with Gasteiger partial charge in [-0.25, -0.2) is 0 Å². The summed E-state index contributed by atoms with van der Waals surface area (Å²) >= 11 is 1.23. The van der Waals surface area contributed by atoms with Crippen molar-refractivity contribution in [2.24, 2.45) is 0 Å². The first-order valence-electron chi connectivity index (χ1n) is 2.60. The van der Waals surface area contributed by atoms with Crippen LogP contribution in [0.15, 0.2) is 23.4 Å². The Balaban J connectivity index is 2.58. The normalized spacial score (nSPS) is 9.44. The number of rotatable bonds is 1. The molecule has 1 aromatic heterocycles. The molecule has 0 aliphatic heterocycles. The van der Waals surface area contributed by atoms with Crippen molar-refractivity contribution in [3.8, 4) is 0 Å². The van der Waals surface area contributed by atoms with Gasteiger partial charge in [-0.1, -0.05) is 11.8 Å². The van der Waals surface area contributed by atoms with Gasteiger partial charge in [0.05, 0.1) is 0 Å². The molecule has 0 aromatic carbocycles. The Labute approximate surface area is 57.7 Å². The number of aromatic nitrogens is 1. The van der Waals surface area contributed by atoms with Crippen LogP contribution < -0.4 is 0 Å². The molecule has 0 saturated carbocycles. The molecule has 1 heterocycles. The van der Waals surface area contributed by atoms with E-state index in [9.17, 15) is 4.79 Å². The molecule has 1 N–H and O–H groups in total. The van der Waals surface area contributed by atoms with Gasteiger partial charge in [0.1, 0.15) is 0 Å². The summed E-state index contributed by atoms with van der Waals surface area (Å²) in [5, 5.41) is 0.120. The van der Waals surface area contributed by atoms with Crippen LogP contribution >= 0.6 is 11.8 Å². The molecule has 0 amide bonds. The molecule has 0 spiro atoms. The molecule has 0 fully saturated rings. The van der Waals surface area contributed by atoms with Crippen LogP contribution in [-0.4, -0.2) is 10.1 Å². The van der Waals surface area contributed by atoms with Crippen LogP contribution in [0.2, 0.25) is 0 Å². The minimum atomic E-state index is 0.120. The van der Waals surface area contributed by atoms with E-state index in [1.807, 2.05) is 6.07 Å². The van der Waals surface area contributed by atoms with E-state index in [0.717, 1.165) is 4.90 Å². The predicted molar refractivity (Wildman–Crippen MR) is 37.3 cm³/mol. The summed E-state index contributed by atoms with van der Waals surface area (Å²) in [6.45, 7) is 1.55. The molecule has 0 unspecified atom stereocenters. The van der Waals surface area contributed by atoms with Gasteiger partial charge < -0.3 is 4.98 Å². The first kappa shape index (κ1) is 6.42. The first-order chi connectivity index (χ1) is 4.29. The summed E-state index contributed by atoms with van der Waals surface area (Å²) in [6.07, 6.45) is 3.59. The quantitative estimate of drug-likeness (QED) is 0.603. The number of H-pyrrole nitrogens is 1. The van der Waals surface area contributed by atoms with Gasteiger partial charge >= 0.3 is 0 Å². The number of hydrogen-bond donors (Lipinski definition) is 1. The Morgan fingerprint density at radius 2 is 2.56 bits per heavy atom. The summed E-state index contributed by atoms with van der Waals surface area (Å²) in [5.74, 6) is 0. The summed E-state index contributed by atoms with van der Waals surface area (Å²) in [4.78, 5) is 14.3. The monoisotopic (exact) mass is 141 g/mol. The van der Waals surface area contributed by atoms with Crippen molar-refractivity contribution in [1.82, 2.24) is 4.98 Å². The van der Waals surface area contributed by atoms with Gasteiger partial charge in [-0.2, -0.15) is 0 Å². The number of carbonyl (C=O) groups excluding carboxylic acids is 1. The minimum absolute atomic E-state index is 0.120. The molecular formula is C6H7NOS. The first-order valence-corrected chi connectivity index (χ1v) is 3.42. The fraction of sp³-hybridized carbons (Fsp3) is 0.167. The van der Waals surface area contributed by atoms with E-state index in [1.54, 1.807) is 19.3 Å². The van der Waals surface area contributed by atoms with E-state index in [2.05, 4.69) is 4.98 Å². The molecule has 0 radical (unpaired) electrons. The van der Waals surface area contributed by atoms with E-state index in [4.69, 9.17) is 0 Å². The van der Waals surface area contributed by atoms with Gasteiger partial charge in [-0.3, -0.25) is 4.79 Å². The number of carbonyl (C=O) groups is 1. The fourth-order valence-corrected chi connectivity index (χ4v) is 1.13. The Hall–Kier alpha value is -0.700. The van der Waals surface area contributed by atoms with Crippen LogP contribution in [0.5, 0.6) is 0 Å². The zero-order valence-electron chi connectivity index (χ0n) is 5.05. The van der Waals surface area contributed by atoms with Crippen molar-refractivity contribution >= 4 is 16.9 Å². The maximum atomic E-state index is 10.5. The Bertz CT molecular complexity index is 193. The molecule has 0 bridgehead atoms. The minimum Gasteiger partial charge on any atom is -0.367 e. The predicted octanol–water partition coefficient (Wildman–Crippen LogP) is 1.65. The van der Waals surface area contributed by atoms with E-state index in [-0.39, 0.29) is 5.12 Å². The van der Waals surface area contributed by atoms with Gasteiger partial charge in [0, 0.05) is 24.2 Å². The van der Waals surface area contributed by atoms with Crippen molar-refractivity contribution in [3.05, 3.63) is 18.5 Å². The standard InChI is InChI=1S/C6H7NOS/c1-5(8)9-6-2-3-7-4-6/h2-4,7H,1H3. The van der Waals surface area contributed by atoms with Crippen LogP contribution in [0.4, 0.5) is 0 Å². The Kier molecular flexibility index (Phi) is 1.95. The SMILES string of the molecule is CC(=O)Sc1cc[nH]c1. The largest absolute Gasteiger partial charge is 0.367 e. The molecule has 1 rings (SSSR count). The molecule has 0 aliphatic rings. The van der Waals surface area contributed by atoms with Crippen LogP contribution in [0.1, 0.15) is 6.92 Å². The third-order valence-electron chi connectivity index (χ3n) is 0.831. The van der Waals surface area contributed by atoms with Gasteiger partial charge in [0.2, 0.25) is 0 Å². The number of aromatic amines is 1. The molecule has 1 aromatic rings. The fourth-order valence-electron chi connectivity index (χ4n) is 0.538. The highest BCUT2D eigenvalue weighted by Crippen LogP contribution is 2.16. The third-order valence-corrected chi connectivity index (χ3v) is 1.61. The lowest BCUT2D eigenvalue weighted by atomic mass is 10.7. The molecular weight excluding hydrogens is 134 g/mol. The second-order valence-corrected chi connectivity index (χ2v) is 2.89. The molecule has 0 atom stereocenters. The zero-order chi connectivity index (χ0) is 6.69. The Morgan fingerprint density at radius 3 is 3.00 bits per heavy atom. The lowest BCUT2D eigenvalue weighted by Crippen LogP contribution is -1.76.